The van der Waals surface area contributed by atoms with Gasteiger partial charge < -0.3 is 4.74 Å². The zero-order valence-electron chi connectivity index (χ0n) is 9.74. The number of benzene rings is 1. The summed E-state index contributed by atoms with van der Waals surface area (Å²) in [6.45, 7) is 0. The van der Waals surface area contributed by atoms with E-state index in [0.29, 0.717) is 0 Å². The van der Waals surface area contributed by atoms with Crippen molar-refractivity contribution in [2.24, 2.45) is 0 Å². The summed E-state index contributed by atoms with van der Waals surface area (Å²) >= 11 is 5.22. The first kappa shape index (κ1) is 13.0. The van der Waals surface area contributed by atoms with Crippen molar-refractivity contribution in [2.75, 3.05) is 12.9 Å². The lowest BCUT2D eigenvalue weighted by molar-refractivity contribution is 0.0983. The van der Waals surface area contributed by atoms with E-state index in [-0.39, 0.29) is 11.0 Å². The molecule has 1 unspecified atom stereocenters. The van der Waals surface area contributed by atoms with Crippen LogP contribution in [-0.4, -0.2) is 23.9 Å². The lowest BCUT2D eigenvalue weighted by Gasteiger charge is -2.20. The van der Waals surface area contributed by atoms with Crippen LogP contribution >= 0.6 is 27.7 Å². The maximum atomic E-state index is 12.4. The number of carbonyl (C=O) groups is 1. The molecule has 0 spiro atoms. The molecular formula is C13H15BrO2S. The van der Waals surface area contributed by atoms with Crippen LogP contribution in [0.3, 0.4) is 0 Å². The number of carbonyl (C=O) groups excluding carboxylic acids is 1. The molecule has 0 bridgehead atoms. The highest BCUT2D eigenvalue weighted by Gasteiger charge is 2.24. The molecule has 2 nitrogen and oxygen atoms in total. The first-order valence-corrected chi connectivity index (χ1v) is 7.56. The number of methoxy groups -OCH3 is 1. The van der Waals surface area contributed by atoms with Crippen LogP contribution < -0.4 is 4.74 Å². The molecule has 1 aromatic carbocycles. The van der Waals surface area contributed by atoms with Gasteiger partial charge in [-0.2, -0.15) is 11.8 Å². The SMILES string of the molecule is COc1ccc(Br)c(C(=O)C2CCCCS2)c1. The van der Waals surface area contributed by atoms with Gasteiger partial charge >= 0.3 is 0 Å². The Balaban J connectivity index is 2.22. The Morgan fingerprint density at radius 3 is 2.94 bits per heavy atom. The van der Waals surface area contributed by atoms with Crippen LogP contribution in [0.2, 0.25) is 0 Å². The molecule has 1 aliphatic heterocycles. The summed E-state index contributed by atoms with van der Waals surface area (Å²) in [6, 6.07) is 5.55. The van der Waals surface area contributed by atoms with Gasteiger partial charge in [-0.05, 0) is 36.8 Å². The van der Waals surface area contributed by atoms with Gasteiger partial charge in [-0.3, -0.25) is 4.79 Å². The van der Waals surface area contributed by atoms with Gasteiger partial charge in [-0.1, -0.05) is 22.4 Å². The van der Waals surface area contributed by atoms with Gasteiger partial charge in [0.15, 0.2) is 5.78 Å². The van der Waals surface area contributed by atoms with Crippen LogP contribution in [0, 0.1) is 0 Å². The Morgan fingerprint density at radius 2 is 2.29 bits per heavy atom. The summed E-state index contributed by atoms with van der Waals surface area (Å²) in [5.41, 5.74) is 0.740. The molecule has 1 aliphatic rings. The van der Waals surface area contributed by atoms with Crippen molar-refractivity contribution in [1.82, 2.24) is 0 Å². The second kappa shape index (κ2) is 5.91. The molecule has 0 N–H and O–H groups in total. The highest BCUT2D eigenvalue weighted by Crippen LogP contribution is 2.31. The molecular weight excluding hydrogens is 300 g/mol. The minimum Gasteiger partial charge on any atom is -0.497 e. The van der Waals surface area contributed by atoms with Crippen molar-refractivity contribution in [3.8, 4) is 5.75 Å². The predicted molar refractivity (Wildman–Crippen MR) is 75.1 cm³/mol. The summed E-state index contributed by atoms with van der Waals surface area (Å²) in [5.74, 6) is 2.05. The number of rotatable bonds is 3. The molecule has 4 heteroatoms. The summed E-state index contributed by atoms with van der Waals surface area (Å²) < 4.78 is 6.02. The summed E-state index contributed by atoms with van der Waals surface area (Å²) in [5, 5.41) is 0.118. The lowest BCUT2D eigenvalue weighted by Crippen LogP contribution is -2.21. The van der Waals surface area contributed by atoms with Crippen LogP contribution in [0.4, 0.5) is 0 Å². The van der Waals surface area contributed by atoms with E-state index in [9.17, 15) is 4.79 Å². The lowest BCUT2D eigenvalue weighted by atomic mass is 10.0. The van der Waals surface area contributed by atoms with Crippen LogP contribution in [-0.2, 0) is 0 Å². The van der Waals surface area contributed by atoms with E-state index in [2.05, 4.69) is 15.9 Å². The molecule has 1 saturated heterocycles. The van der Waals surface area contributed by atoms with Crippen molar-refractivity contribution in [2.45, 2.75) is 24.5 Å². The Bertz CT molecular complexity index is 414. The average Bonchev–Trinajstić information content (AvgIpc) is 2.39. The second-order valence-electron chi connectivity index (χ2n) is 4.07. The van der Waals surface area contributed by atoms with Crippen LogP contribution in [0.1, 0.15) is 29.6 Å². The highest BCUT2D eigenvalue weighted by atomic mass is 79.9. The zero-order valence-corrected chi connectivity index (χ0v) is 12.1. The summed E-state index contributed by atoms with van der Waals surface area (Å²) in [7, 11) is 1.62. The van der Waals surface area contributed by atoms with E-state index >= 15 is 0 Å². The molecule has 0 saturated carbocycles. The molecule has 1 heterocycles. The van der Waals surface area contributed by atoms with E-state index in [0.717, 1.165) is 34.4 Å². The molecule has 17 heavy (non-hydrogen) atoms. The third-order valence-electron chi connectivity index (χ3n) is 2.91. The molecule has 1 atom stereocenters. The van der Waals surface area contributed by atoms with Gasteiger partial charge in [0, 0.05) is 10.0 Å². The minimum absolute atomic E-state index is 0.118. The molecule has 0 aromatic heterocycles. The van der Waals surface area contributed by atoms with E-state index in [1.54, 1.807) is 18.9 Å². The van der Waals surface area contributed by atoms with Crippen molar-refractivity contribution < 1.29 is 9.53 Å². The molecule has 1 aromatic rings. The fourth-order valence-corrected chi connectivity index (χ4v) is 3.65. The molecule has 2 rings (SSSR count). The largest absolute Gasteiger partial charge is 0.497 e. The number of thioether (sulfide) groups is 1. The Kier molecular flexibility index (Phi) is 4.51. The van der Waals surface area contributed by atoms with Gasteiger partial charge in [-0.15, -0.1) is 0 Å². The Hall–Kier alpha value is -0.480. The van der Waals surface area contributed by atoms with Gasteiger partial charge in [0.05, 0.1) is 12.4 Å². The fourth-order valence-electron chi connectivity index (χ4n) is 1.94. The highest BCUT2D eigenvalue weighted by molar-refractivity contribution is 9.10. The first-order valence-electron chi connectivity index (χ1n) is 5.71. The maximum Gasteiger partial charge on any atom is 0.177 e. The van der Waals surface area contributed by atoms with Crippen molar-refractivity contribution in [3.63, 3.8) is 0 Å². The molecule has 0 amide bonds. The monoisotopic (exact) mass is 314 g/mol. The maximum absolute atomic E-state index is 12.4. The number of ether oxygens (including phenoxy) is 1. The first-order chi connectivity index (χ1) is 8.22. The predicted octanol–water partition coefficient (Wildman–Crippen LogP) is 3.93. The fraction of sp³-hybridized carbons (Fsp3) is 0.462. The Labute approximate surface area is 114 Å². The van der Waals surface area contributed by atoms with Crippen molar-refractivity contribution in [1.29, 1.82) is 0 Å². The van der Waals surface area contributed by atoms with Crippen LogP contribution in [0.5, 0.6) is 5.75 Å². The molecule has 1 fully saturated rings. The standard InChI is InChI=1S/C13H15BrO2S/c1-16-9-5-6-11(14)10(8-9)13(15)12-4-2-3-7-17-12/h5-6,8,12H,2-4,7H2,1H3. The quantitative estimate of drug-likeness (QED) is 0.791. The molecule has 0 aliphatic carbocycles. The van der Waals surface area contributed by atoms with Crippen LogP contribution in [0.25, 0.3) is 0 Å². The van der Waals surface area contributed by atoms with Gasteiger partial charge in [0.2, 0.25) is 0 Å². The number of hydrogen-bond acceptors (Lipinski definition) is 3. The van der Waals surface area contributed by atoms with E-state index < -0.39 is 0 Å². The molecule has 0 radical (unpaired) electrons. The third kappa shape index (κ3) is 3.05. The normalized spacial score (nSPS) is 20.0. The van der Waals surface area contributed by atoms with E-state index in [4.69, 9.17) is 4.74 Å². The zero-order chi connectivity index (χ0) is 12.3. The minimum atomic E-state index is 0.118. The van der Waals surface area contributed by atoms with Crippen molar-refractivity contribution in [3.05, 3.63) is 28.2 Å². The average molecular weight is 315 g/mol. The number of halogens is 1. The Morgan fingerprint density at radius 1 is 1.47 bits per heavy atom. The third-order valence-corrected chi connectivity index (χ3v) is 4.98. The topological polar surface area (TPSA) is 26.3 Å². The number of ketones is 1. The molecule has 92 valence electrons. The smallest absolute Gasteiger partial charge is 0.177 e. The van der Waals surface area contributed by atoms with Gasteiger partial charge in [0.1, 0.15) is 5.75 Å². The van der Waals surface area contributed by atoms with E-state index in [1.807, 2.05) is 18.2 Å². The van der Waals surface area contributed by atoms with Gasteiger partial charge in [0.25, 0.3) is 0 Å². The van der Waals surface area contributed by atoms with Gasteiger partial charge in [-0.25, -0.2) is 0 Å². The number of hydrogen-bond donors (Lipinski definition) is 0. The number of Topliss-reactive ketones (excluding diaryl/α,β-unsaturated/α-hetero) is 1. The van der Waals surface area contributed by atoms with E-state index in [1.165, 1.54) is 6.42 Å². The van der Waals surface area contributed by atoms with Crippen LogP contribution in [0.15, 0.2) is 22.7 Å². The second-order valence-corrected chi connectivity index (χ2v) is 6.23. The summed E-state index contributed by atoms with van der Waals surface area (Å²) in [6.07, 6.45) is 3.38. The van der Waals surface area contributed by atoms with Crippen molar-refractivity contribution >= 4 is 33.5 Å². The summed E-state index contributed by atoms with van der Waals surface area (Å²) in [4.78, 5) is 12.4.